The maximum Gasteiger partial charge on any atom is 0.271 e. The van der Waals surface area contributed by atoms with Crippen LogP contribution in [0.15, 0.2) is 87.8 Å². The Bertz CT molecular complexity index is 1800. The van der Waals surface area contributed by atoms with E-state index in [1.54, 1.807) is 56.1 Å². The summed E-state index contributed by atoms with van der Waals surface area (Å²) >= 11 is 1.22. The molecule has 0 radical (unpaired) electrons. The summed E-state index contributed by atoms with van der Waals surface area (Å²) in [6.45, 7) is 1.78. The number of hydrogen-bond donors (Lipinski definition) is 1. The number of rotatable bonds is 8. The Kier molecular flexibility index (Phi) is 7.93. The smallest absolute Gasteiger partial charge is 0.271 e. The maximum atomic E-state index is 14.1. The van der Waals surface area contributed by atoms with Gasteiger partial charge in [0, 0.05) is 17.8 Å². The standard InChI is InChI=1S/C31H29N3O6S/c1-18-27(29(35)33-20-11-7-6-8-12-20)28(19-10-9-13-21(14-19)37-2)34-30(36)26(41-31(34)32-18)17-23-24(39-4)15-22(38-3)16-25(23)40-5/h6-17,28H,1-5H3,(H,33,35)/b26-17+. The number of anilines is 1. The molecule has 1 aliphatic heterocycles. The molecule has 1 aromatic heterocycles. The molecule has 5 rings (SSSR count). The molecule has 1 N–H and O–H groups in total. The SMILES string of the molecule is COc1cccc(C2C(C(=O)Nc3ccccc3)=C(C)N=c3s/c(=C/c4c(OC)cc(OC)cc4OC)c(=O)n32)c1. The second-order valence-corrected chi connectivity index (χ2v) is 10.1. The van der Waals surface area contributed by atoms with Crippen LogP contribution in [0.1, 0.15) is 24.1 Å². The maximum absolute atomic E-state index is 14.1. The summed E-state index contributed by atoms with van der Waals surface area (Å²) in [6, 6.07) is 19.2. The van der Waals surface area contributed by atoms with Gasteiger partial charge in [-0.15, -0.1) is 0 Å². The zero-order valence-electron chi connectivity index (χ0n) is 23.3. The number of amides is 1. The van der Waals surface area contributed by atoms with Gasteiger partial charge in [0.15, 0.2) is 4.80 Å². The van der Waals surface area contributed by atoms with Crippen LogP contribution in [0.25, 0.3) is 6.08 Å². The molecule has 0 bridgehead atoms. The molecule has 210 valence electrons. The fourth-order valence-electron chi connectivity index (χ4n) is 4.76. The number of carbonyl (C=O) groups is 1. The van der Waals surface area contributed by atoms with Crippen LogP contribution in [0.5, 0.6) is 23.0 Å². The largest absolute Gasteiger partial charge is 0.497 e. The lowest BCUT2D eigenvalue weighted by molar-refractivity contribution is -0.113. The van der Waals surface area contributed by atoms with Gasteiger partial charge in [-0.25, -0.2) is 4.99 Å². The summed E-state index contributed by atoms with van der Waals surface area (Å²) in [5, 5.41) is 2.96. The second kappa shape index (κ2) is 11.7. The number of para-hydroxylation sites is 1. The highest BCUT2D eigenvalue weighted by Gasteiger charge is 2.33. The average Bonchev–Trinajstić information content (AvgIpc) is 3.30. The van der Waals surface area contributed by atoms with Crippen molar-refractivity contribution in [3.8, 4) is 23.0 Å². The third-order valence-corrected chi connectivity index (χ3v) is 7.72. The van der Waals surface area contributed by atoms with Gasteiger partial charge in [0.05, 0.1) is 55.8 Å². The van der Waals surface area contributed by atoms with Gasteiger partial charge in [-0.2, -0.15) is 0 Å². The zero-order valence-corrected chi connectivity index (χ0v) is 24.1. The monoisotopic (exact) mass is 571 g/mol. The van der Waals surface area contributed by atoms with Crippen LogP contribution < -0.4 is 39.2 Å². The van der Waals surface area contributed by atoms with E-state index >= 15 is 0 Å². The van der Waals surface area contributed by atoms with E-state index < -0.39 is 6.04 Å². The van der Waals surface area contributed by atoms with E-state index in [4.69, 9.17) is 23.9 Å². The minimum atomic E-state index is -0.744. The van der Waals surface area contributed by atoms with Crippen molar-refractivity contribution < 1.29 is 23.7 Å². The highest BCUT2D eigenvalue weighted by Crippen LogP contribution is 2.35. The van der Waals surface area contributed by atoms with Crippen LogP contribution in [0, 0.1) is 0 Å². The normalized spacial score (nSPS) is 14.7. The van der Waals surface area contributed by atoms with Crippen LogP contribution in [-0.4, -0.2) is 38.9 Å². The Balaban J connectivity index is 1.72. The summed E-state index contributed by atoms with van der Waals surface area (Å²) in [4.78, 5) is 33.0. The molecule has 1 aliphatic rings. The molecule has 4 aromatic rings. The van der Waals surface area contributed by atoms with Crippen molar-refractivity contribution in [1.29, 1.82) is 0 Å². The first-order valence-corrected chi connectivity index (χ1v) is 13.5. The van der Waals surface area contributed by atoms with Gasteiger partial charge in [0.1, 0.15) is 23.0 Å². The molecular formula is C31H29N3O6S. The Labute approximate surface area is 240 Å². The molecule has 10 heteroatoms. The molecule has 0 saturated heterocycles. The topological polar surface area (TPSA) is 100 Å². The molecule has 9 nitrogen and oxygen atoms in total. The van der Waals surface area contributed by atoms with E-state index in [1.807, 2.05) is 42.5 Å². The van der Waals surface area contributed by atoms with Crippen LogP contribution in [-0.2, 0) is 4.79 Å². The molecule has 1 atom stereocenters. The molecular weight excluding hydrogens is 542 g/mol. The van der Waals surface area contributed by atoms with E-state index in [9.17, 15) is 9.59 Å². The molecule has 0 fully saturated rings. The Morgan fingerprint density at radius 1 is 0.902 bits per heavy atom. The van der Waals surface area contributed by atoms with Crippen LogP contribution in [0.3, 0.4) is 0 Å². The number of ether oxygens (including phenoxy) is 4. The first-order valence-electron chi connectivity index (χ1n) is 12.7. The summed E-state index contributed by atoms with van der Waals surface area (Å²) in [6.07, 6.45) is 1.71. The summed E-state index contributed by atoms with van der Waals surface area (Å²) in [5.74, 6) is 1.78. The molecule has 3 aromatic carbocycles. The van der Waals surface area contributed by atoms with Crippen molar-refractivity contribution in [1.82, 2.24) is 4.57 Å². The number of methoxy groups -OCH3 is 4. The van der Waals surface area contributed by atoms with Gasteiger partial charge < -0.3 is 24.3 Å². The van der Waals surface area contributed by atoms with E-state index in [2.05, 4.69) is 5.32 Å². The molecule has 1 amide bonds. The molecule has 0 aliphatic carbocycles. The van der Waals surface area contributed by atoms with E-state index in [0.29, 0.717) is 60.4 Å². The number of hydrogen-bond acceptors (Lipinski definition) is 8. The van der Waals surface area contributed by atoms with Gasteiger partial charge in [-0.3, -0.25) is 14.2 Å². The number of benzene rings is 3. The van der Waals surface area contributed by atoms with Crippen molar-refractivity contribution in [3.05, 3.63) is 109 Å². The van der Waals surface area contributed by atoms with Gasteiger partial charge in [0.25, 0.3) is 11.5 Å². The van der Waals surface area contributed by atoms with Gasteiger partial charge in [-0.1, -0.05) is 41.7 Å². The number of thiazole rings is 1. The number of allylic oxidation sites excluding steroid dienone is 1. The van der Waals surface area contributed by atoms with E-state index in [-0.39, 0.29) is 11.5 Å². The van der Waals surface area contributed by atoms with Crippen LogP contribution in [0.4, 0.5) is 5.69 Å². The Hall–Kier alpha value is -4.83. The van der Waals surface area contributed by atoms with Crippen molar-refractivity contribution in [2.24, 2.45) is 4.99 Å². The lowest BCUT2D eigenvalue weighted by atomic mass is 9.95. The zero-order chi connectivity index (χ0) is 29.1. The summed E-state index contributed by atoms with van der Waals surface area (Å²) < 4.78 is 24.0. The Morgan fingerprint density at radius 2 is 1.59 bits per heavy atom. The predicted molar refractivity (Wildman–Crippen MR) is 158 cm³/mol. The predicted octanol–water partition coefficient (Wildman–Crippen LogP) is 3.91. The van der Waals surface area contributed by atoms with E-state index in [0.717, 1.165) is 0 Å². The highest BCUT2D eigenvalue weighted by atomic mass is 32.1. The second-order valence-electron chi connectivity index (χ2n) is 9.12. The first kappa shape index (κ1) is 27.7. The first-order chi connectivity index (χ1) is 19.9. The molecule has 0 saturated carbocycles. The molecule has 0 spiro atoms. The van der Waals surface area contributed by atoms with Gasteiger partial charge >= 0.3 is 0 Å². The van der Waals surface area contributed by atoms with Crippen LogP contribution >= 0.6 is 11.3 Å². The van der Waals surface area contributed by atoms with E-state index in [1.165, 1.54) is 25.6 Å². The van der Waals surface area contributed by atoms with Gasteiger partial charge in [-0.05, 0) is 42.8 Å². The minimum absolute atomic E-state index is 0.306. The number of nitrogens with zero attached hydrogens (tertiary/aromatic N) is 2. The highest BCUT2D eigenvalue weighted by molar-refractivity contribution is 7.07. The fraction of sp³-hybridized carbons (Fsp3) is 0.194. The van der Waals surface area contributed by atoms with Crippen molar-refractivity contribution in [2.75, 3.05) is 33.8 Å². The lowest BCUT2D eigenvalue weighted by Crippen LogP contribution is -2.40. The third kappa shape index (κ3) is 5.33. The Morgan fingerprint density at radius 3 is 2.22 bits per heavy atom. The van der Waals surface area contributed by atoms with Crippen molar-refractivity contribution in [3.63, 3.8) is 0 Å². The summed E-state index contributed by atoms with van der Waals surface area (Å²) in [7, 11) is 6.20. The van der Waals surface area contributed by atoms with Crippen LogP contribution in [0.2, 0.25) is 0 Å². The quantitative estimate of drug-likeness (QED) is 0.344. The lowest BCUT2D eigenvalue weighted by Gasteiger charge is -2.25. The van der Waals surface area contributed by atoms with Crippen molar-refractivity contribution >= 4 is 29.0 Å². The number of nitrogens with one attached hydrogen (secondary N) is 1. The van der Waals surface area contributed by atoms with Gasteiger partial charge in [0.2, 0.25) is 0 Å². The number of fused-ring (bicyclic) bond motifs is 1. The molecule has 2 heterocycles. The number of aromatic nitrogens is 1. The summed E-state index contributed by atoms with van der Waals surface area (Å²) in [5.41, 5.74) is 2.50. The molecule has 41 heavy (non-hydrogen) atoms. The fourth-order valence-corrected chi connectivity index (χ4v) is 5.79. The minimum Gasteiger partial charge on any atom is -0.497 e. The van der Waals surface area contributed by atoms with Crippen molar-refractivity contribution in [2.45, 2.75) is 13.0 Å². The number of carbonyl (C=O) groups excluding carboxylic acids is 1. The third-order valence-electron chi connectivity index (χ3n) is 6.74. The average molecular weight is 572 g/mol. The molecule has 1 unspecified atom stereocenters.